The Hall–Kier alpha value is -0.710. The first-order chi connectivity index (χ1) is 5.04. The average Bonchev–Trinajstić information content (AvgIpc) is 1.81. The van der Waals surface area contributed by atoms with Gasteiger partial charge in [-0.3, -0.25) is 10.1 Å². The minimum atomic E-state index is -2.09. The van der Waals surface area contributed by atoms with Crippen molar-refractivity contribution < 1.29 is 18.3 Å². The first-order valence-electron chi connectivity index (χ1n) is 3.18. The molecule has 0 aromatic rings. The lowest BCUT2D eigenvalue weighted by Gasteiger charge is -2.36. The van der Waals surface area contributed by atoms with Gasteiger partial charge < -0.3 is 4.74 Å². The molecule has 0 spiro atoms. The molecule has 0 saturated carbocycles. The second-order valence-electron chi connectivity index (χ2n) is 2.54. The predicted octanol–water partition coefficient (Wildman–Crippen LogP) is 0.668. The monoisotopic (exact) mass is 164 g/mol. The largest absolute Gasteiger partial charge is 0.408 e. The van der Waals surface area contributed by atoms with Crippen molar-refractivity contribution in [1.29, 1.82) is 0 Å². The molecule has 1 amide bonds. The van der Waals surface area contributed by atoms with Crippen LogP contribution in [0.2, 0.25) is 0 Å². The number of halogens is 2. The second-order valence-corrected chi connectivity index (χ2v) is 2.54. The van der Waals surface area contributed by atoms with Crippen molar-refractivity contribution in [3.8, 4) is 0 Å². The molecule has 1 rings (SSSR count). The summed E-state index contributed by atoms with van der Waals surface area (Å²) in [6, 6.07) is 0. The van der Waals surface area contributed by atoms with Crippen LogP contribution in [0.3, 0.4) is 0 Å². The number of carbonyl (C=O) groups excluding carboxylic acids is 1. The Kier molecular flexibility index (Phi) is 2.08. The van der Waals surface area contributed by atoms with Crippen LogP contribution in [0.4, 0.5) is 8.78 Å². The molecule has 5 heteroatoms. The smallest absolute Gasteiger partial charge is 0.365 e. The minimum Gasteiger partial charge on any atom is -0.365 e. The van der Waals surface area contributed by atoms with Gasteiger partial charge in [-0.05, 0) is 6.92 Å². The molecule has 0 aliphatic carbocycles. The lowest BCUT2D eigenvalue weighted by atomic mass is 9.97. The zero-order chi connectivity index (χ0) is 8.48. The third-order valence-electron chi connectivity index (χ3n) is 1.69. The first-order valence-corrected chi connectivity index (χ1v) is 3.18. The molecule has 1 saturated heterocycles. The maximum atomic E-state index is 11.5. The number of ether oxygens (including phenoxy) is 1. The number of carbonyl (C=O) groups is 1. The van der Waals surface area contributed by atoms with Crippen molar-refractivity contribution in [2.75, 3.05) is 6.61 Å². The number of amides is 1. The van der Waals surface area contributed by atoms with Crippen molar-refractivity contribution >= 4 is 5.91 Å². The van der Waals surface area contributed by atoms with E-state index in [9.17, 15) is 13.6 Å². The zero-order valence-electron chi connectivity index (χ0n) is 5.99. The Morgan fingerprint density at radius 2 is 2.18 bits per heavy atom. The van der Waals surface area contributed by atoms with Crippen molar-refractivity contribution in [3.05, 3.63) is 6.55 Å². The van der Waals surface area contributed by atoms with E-state index in [1.165, 1.54) is 12.2 Å². The fourth-order valence-corrected chi connectivity index (χ4v) is 0.805. The number of rotatable bonds is 2. The molecule has 3 nitrogen and oxygen atoms in total. The summed E-state index contributed by atoms with van der Waals surface area (Å²) in [7, 11) is 0. The Balaban J connectivity index is 2.40. The van der Waals surface area contributed by atoms with Crippen LogP contribution in [0.5, 0.6) is 0 Å². The number of hydrogen-bond acceptors (Lipinski definition) is 2. The third-order valence-corrected chi connectivity index (χ3v) is 1.69. The second kappa shape index (κ2) is 2.73. The topological polar surface area (TPSA) is 38.3 Å². The van der Waals surface area contributed by atoms with Crippen LogP contribution in [0.15, 0.2) is 0 Å². The summed E-state index contributed by atoms with van der Waals surface area (Å²) in [6.45, 7) is -0.154. The molecule has 63 valence electrons. The highest BCUT2D eigenvalue weighted by atomic mass is 19.3. The summed E-state index contributed by atoms with van der Waals surface area (Å²) < 4.78 is 27.8. The summed E-state index contributed by atoms with van der Waals surface area (Å²) in [5, 5.41) is 1.40. The maximum absolute atomic E-state index is 11.5. The van der Waals surface area contributed by atoms with E-state index in [-0.39, 0.29) is 0 Å². The summed E-state index contributed by atoms with van der Waals surface area (Å²) >= 11 is 0. The maximum Gasteiger partial charge on any atom is 0.408 e. The minimum absolute atomic E-state index is 0.456. The Bertz CT molecular complexity index is 168. The Morgan fingerprint density at radius 3 is 2.45 bits per heavy atom. The molecule has 1 atom stereocenters. The molecule has 1 heterocycles. The fraction of sp³-hybridized carbons (Fsp3) is 0.667. The molecule has 1 fully saturated rings. The van der Waals surface area contributed by atoms with E-state index < -0.39 is 18.1 Å². The summed E-state index contributed by atoms with van der Waals surface area (Å²) in [4.78, 5) is 10.8. The van der Waals surface area contributed by atoms with Gasteiger partial charge in [-0.15, -0.1) is 0 Å². The van der Waals surface area contributed by atoms with Gasteiger partial charge in [0.1, 0.15) is 5.60 Å². The van der Waals surface area contributed by atoms with Crippen LogP contribution in [-0.4, -0.2) is 18.1 Å². The normalized spacial score (nSPS) is 29.8. The highest BCUT2D eigenvalue weighted by molar-refractivity contribution is 5.86. The fourth-order valence-electron chi connectivity index (χ4n) is 0.805. The standard InChI is InChI=1S/C6H8F2NO2/c1-6(2-3-11-6)4(10)9-5(7)8/h2-3H2,1H3,(H,9,10). The lowest BCUT2D eigenvalue weighted by molar-refractivity contribution is -0.172. The SMILES string of the molecule is CC1(C(=O)N[C](F)F)CCO1. The quantitative estimate of drug-likeness (QED) is 0.609. The lowest BCUT2D eigenvalue weighted by Crippen LogP contribution is -2.53. The Morgan fingerprint density at radius 1 is 1.64 bits per heavy atom. The van der Waals surface area contributed by atoms with Gasteiger partial charge in [0.05, 0.1) is 6.61 Å². The van der Waals surface area contributed by atoms with Gasteiger partial charge in [0.15, 0.2) is 0 Å². The van der Waals surface area contributed by atoms with Crippen LogP contribution in [0.1, 0.15) is 13.3 Å². The molecule has 0 bridgehead atoms. The van der Waals surface area contributed by atoms with Gasteiger partial charge in [-0.1, -0.05) is 0 Å². The van der Waals surface area contributed by atoms with Crippen molar-refractivity contribution in [2.45, 2.75) is 18.9 Å². The van der Waals surface area contributed by atoms with Gasteiger partial charge in [0.25, 0.3) is 5.91 Å². The summed E-state index contributed by atoms with van der Waals surface area (Å²) in [5.41, 5.74) is -1.04. The Labute approximate surface area is 62.7 Å². The van der Waals surface area contributed by atoms with Gasteiger partial charge >= 0.3 is 6.55 Å². The highest BCUT2D eigenvalue weighted by Crippen LogP contribution is 2.26. The molecular formula is C6H8F2NO2. The molecule has 0 aromatic heterocycles. The molecule has 1 radical (unpaired) electrons. The summed E-state index contributed by atoms with van der Waals surface area (Å²) in [6.07, 6.45) is 0.492. The van der Waals surface area contributed by atoms with E-state index in [1.807, 2.05) is 0 Å². The van der Waals surface area contributed by atoms with Gasteiger partial charge in [0.2, 0.25) is 0 Å². The molecule has 1 N–H and O–H groups in total. The van der Waals surface area contributed by atoms with Gasteiger partial charge in [-0.2, -0.15) is 8.78 Å². The van der Waals surface area contributed by atoms with Gasteiger partial charge in [0, 0.05) is 6.42 Å². The number of nitrogens with one attached hydrogen (secondary N) is 1. The van der Waals surface area contributed by atoms with Crippen LogP contribution in [0.25, 0.3) is 0 Å². The zero-order valence-corrected chi connectivity index (χ0v) is 5.99. The molecule has 1 aliphatic rings. The molecule has 1 aliphatic heterocycles. The van der Waals surface area contributed by atoms with Crippen LogP contribution in [-0.2, 0) is 9.53 Å². The van der Waals surface area contributed by atoms with E-state index in [0.717, 1.165) is 0 Å². The van der Waals surface area contributed by atoms with Gasteiger partial charge in [-0.25, -0.2) is 0 Å². The van der Waals surface area contributed by atoms with E-state index in [2.05, 4.69) is 0 Å². The third kappa shape index (κ3) is 1.65. The van der Waals surface area contributed by atoms with E-state index in [1.54, 1.807) is 0 Å². The highest BCUT2D eigenvalue weighted by Gasteiger charge is 2.42. The molecule has 11 heavy (non-hydrogen) atoms. The molecule has 1 unspecified atom stereocenters. The molecular weight excluding hydrogens is 156 g/mol. The van der Waals surface area contributed by atoms with Crippen LogP contribution in [0, 0.1) is 6.55 Å². The molecule has 0 aromatic carbocycles. The van der Waals surface area contributed by atoms with Crippen molar-refractivity contribution in [3.63, 3.8) is 0 Å². The van der Waals surface area contributed by atoms with Crippen molar-refractivity contribution in [2.24, 2.45) is 0 Å². The number of hydrogen-bond donors (Lipinski definition) is 1. The van der Waals surface area contributed by atoms with Crippen LogP contribution >= 0.6 is 0 Å². The van der Waals surface area contributed by atoms with E-state index in [4.69, 9.17) is 4.74 Å². The van der Waals surface area contributed by atoms with E-state index >= 15 is 0 Å². The van der Waals surface area contributed by atoms with Crippen LogP contribution < -0.4 is 5.32 Å². The van der Waals surface area contributed by atoms with Crippen molar-refractivity contribution in [1.82, 2.24) is 5.32 Å². The predicted molar refractivity (Wildman–Crippen MR) is 32.6 cm³/mol. The average molecular weight is 164 g/mol. The van der Waals surface area contributed by atoms with E-state index in [0.29, 0.717) is 13.0 Å². The first kappa shape index (κ1) is 8.39. The summed E-state index contributed by atoms with van der Waals surface area (Å²) in [5.74, 6) is -0.774.